The zero-order valence-electron chi connectivity index (χ0n) is 23.7. The number of carbonyl (C=O) groups is 5. The van der Waals surface area contributed by atoms with Crippen molar-refractivity contribution in [1.82, 2.24) is 0 Å². The molecule has 0 aromatic rings. The lowest BCUT2D eigenvalue weighted by molar-refractivity contribution is -0.155. The van der Waals surface area contributed by atoms with Gasteiger partial charge in [0.05, 0.1) is 36.6 Å². The Hall–Kier alpha value is -2.25. The predicted molar refractivity (Wildman–Crippen MR) is 137 cm³/mol. The van der Waals surface area contributed by atoms with Crippen LogP contribution >= 0.6 is 0 Å². The van der Waals surface area contributed by atoms with Crippen LogP contribution in [0.25, 0.3) is 0 Å². The van der Waals surface area contributed by atoms with Gasteiger partial charge in [-0.1, -0.05) is 25.7 Å². The summed E-state index contributed by atoms with van der Waals surface area (Å²) in [5, 5.41) is 0. The van der Waals surface area contributed by atoms with Gasteiger partial charge in [-0.25, -0.2) is 0 Å². The van der Waals surface area contributed by atoms with Crippen LogP contribution in [0.3, 0.4) is 0 Å². The minimum Gasteiger partial charge on any atom is -0.466 e. The highest BCUT2D eigenvalue weighted by atomic mass is 16.5. The molecule has 0 radical (unpaired) electrons. The van der Waals surface area contributed by atoms with Crippen LogP contribution < -0.4 is 0 Å². The molecule has 2 atom stereocenters. The molecule has 0 heterocycles. The molecule has 0 rings (SSSR count). The lowest BCUT2D eigenvalue weighted by atomic mass is 9.81. The van der Waals surface area contributed by atoms with Gasteiger partial charge in [-0.2, -0.15) is 0 Å². The minimum absolute atomic E-state index is 0.145. The first-order chi connectivity index (χ1) is 16.7. The molecule has 0 aliphatic heterocycles. The van der Waals surface area contributed by atoms with Crippen molar-refractivity contribution in [2.45, 2.75) is 107 Å². The van der Waals surface area contributed by atoms with Crippen molar-refractivity contribution in [3.63, 3.8) is 0 Å². The highest BCUT2D eigenvalue weighted by Gasteiger charge is 2.36. The van der Waals surface area contributed by atoms with E-state index in [1.807, 2.05) is 27.7 Å². The molecule has 8 nitrogen and oxygen atoms in total. The average molecular weight is 513 g/mol. The SMILES string of the molecule is CCOC(=O)C(CCCCC(C)(C)C(=O)OCC)C(=O)C(CCCCC(C)(C)C(=O)OCC)C(C)=O. The standard InChI is InChI=1S/C28H48O8/c1-9-34-24(31)22(17-13-15-19-28(7,8)26(33)36-11-3)23(30)21(20(4)29)16-12-14-18-27(5,6)25(32)35-10-2/h21-22H,9-19H2,1-8H3. The predicted octanol–water partition coefficient (Wildman–Crippen LogP) is 5.24. The van der Waals surface area contributed by atoms with E-state index in [9.17, 15) is 24.0 Å². The van der Waals surface area contributed by atoms with Crippen LogP contribution in [-0.2, 0) is 38.2 Å². The Morgan fingerprint density at radius 1 is 0.611 bits per heavy atom. The number of ketones is 2. The normalized spacial score (nSPS) is 13.4. The van der Waals surface area contributed by atoms with E-state index in [1.54, 1.807) is 20.8 Å². The fourth-order valence-electron chi connectivity index (χ4n) is 4.10. The molecule has 0 saturated heterocycles. The zero-order chi connectivity index (χ0) is 27.9. The van der Waals surface area contributed by atoms with Gasteiger partial charge < -0.3 is 14.2 Å². The van der Waals surface area contributed by atoms with Gasteiger partial charge in [-0.15, -0.1) is 0 Å². The number of esters is 3. The molecule has 0 aromatic heterocycles. The molecule has 0 spiro atoms. The Balaban J connectivity index is 5.13. The van der Waals surface area contributed by atoms with Crippen LogP contribution in [0.1, 0.15) is 107 Å². The summed E-state index contributed by atoms with van der Waals surface area (Å²) in [6, 6.07) is 0. The third-order valence-corrected chi connectivity index (χ3v) is 6.49. The average Bonchev–Trinajstić information content (AvgIpc) is 2.78. The second-order valence-corrected chi connectivity index (χ2v) is 10.6. The summed E-state index contributed by atoms with van der Waals surface area (Å²) >= 11 is 0. The molecule has 8 heteroatoms. The first kappa shape index (κ1) is 33.8. The van der Waals surface area contributed by atoms with Crippen LogP contribution in [0, 0.1) is 22.7 Å². The molecule has 0 aliphatic carbocycles. The van der Waals surface area contributed by atoms with Crippen LogP contribution in [-0.4, -0.2) is 49.3 Å². The smallest absolute Gasteiger partial charge is 0.316 e. The number of unbranched alkanes of at least 4 members (excludes halogenated alkanes) is 2. The van der Waals surface area contributed by atoms with Gasteiger partial charge in [-0.3, -0.25) is 24.0 Å². The van der Waals surface area contributed by atoms with Gasteiger partial charge in [0, 0.05) is 0 Å². The third kappa shape index (κ3) is 11.7. The number of Topliss-reactive ketones (excluding diaryl/α,β-unsaturated/α-hetero) is 2. The van der Waals surface area contributed by atoms with Crippen molar-refractivity contribution >= 4 is 29.5 Å². The molecule has 208 valence electrons. The second kappa shape index (κ2) is 16.5. The molecule has 0 bridgehead atoms. The molecular weight excluding hydrogens is 464 g/mol. The molecule has 0 N–H and O–H groups in total. The van der Waals surface area contributed by atoms with Crippen molar-refractivity contribution in [3.05, 3.63) is 0 Å². The van der Waals surface area contributed by atoms with Crippen LogP contribution in [0.15, 0.2) is 0 Å². The van der Waals surface area contributed by atoms with E-state index in [-0.39, 0.29) is 30.7 Å². The molecule has 0 amide bonds. The molecule has 0 fully saturated rings. The molecule has 2 unspecified atom stereocenters. The van der Waals surface area contributed by atoms with Crippen molar-refractivity contribution in [2.75, 3.05) is 19.8 Å². The van der Waals surface area contributed by atoms with Crippen molar-refractivity contribution in [2.24, 2.45) is 22.7 Å². The van der Waals surface area contributed by atoms with Crippen LogP contribution in [0.5, 0.6) is 0 Å². The lowest BCUT2D eigenvalue weighted by Gasteiger charge is -2.24. The van der Waals surface area contributed by atoms with Crippen LogP contribution in [0.4, 0.5) is 0 Å². The first-order valence-electron chi connectivity index (χ1n) is 13.3. The van der Waals surface area contributed by atoms with E-state index in [0.29, 0.717) is 58.2 Å². The minimum atomic E-state index is -1.01. The third-order valence-electron chi connectivity index (χ3n) is 6.49. The summed E-state index contributed by atoms with van der Waals surface area (Å²) < 4.78 is 15.4. The maximum atomic E-state index is 13.3. The monoisotopic (exact) mass is 512 g/mol. The van der Waals surface area contributed by atoms with E-state index < -0.39 is 34.4 Å². The maximum Gasteiger partial charge on any atom is 0.316 e. The quantitative estimate of drug-likeness (QED) is 0.0999. The maximum absolute atomic E-state index is 13.3. The van der Waals surface area contributed by atoms with Crippen molar-refractivity contribution in [3.8, 4) is 0 Å². The summed E-state index contributed by atoms with van der Waals surface area (Å²) in [5.74, 6) is -3.73. The number of hydrogen-bond acceptors (Lipinski definition) is 8. The first-order valence-corrected chi connectivity index (χ1v) is 13.3. The largest absolute Gasteiger partial charge is 0.466 e. The number of rotatable bonds is 19. The molecule has 0 aromatic carbocycles. The number of hydrogen-bond donors (Lipinski definition) is 0. The van der Waals surface area contributed by atoms with E-state index in [4.69, 9.17) is 14.2 Å². The Morgan fingerprint density at radius 3 is 1.36 bits per heavy atom. The summed E-state index contributed by atoms with van der Waals surface area (Å²) in [5.41, 5.74) is -1.30. The van der Waals surface area contributed by atoms with Crippen molar-refractivity contribution in [1.29, 1.82) is 0 Å². The van der Waals surface area contributed by atoms with Crippen molar-refractivity contribution < 1.29 is 38.2 Å². The lowest BCUT2D eigenvalue weighted by Crippen LogP contribution is -2.35. The number of carbonyl (C=O) groups excluding carboxylic acids is 5. The van der Waals surface area contributed by atoms with Crippen LogP contribution in [0.2, 0.25) is 0 Å². The van der Waals surface area contributed by atoms with E-state index in [0.717, 1.165) is 0 Å². The number of ether oxygens (including phenoxy) is 3. The van der Waals surface area contributed by atoms with Gasteiger partial charge >= 0.3 is 17.9 Å². The molecular formula is C28H48O8. The molecule has 0 saturated carbocycles. The second-order valence-electron chi connectivity index (χ2n) is 10.6. The fourth-order valence-corrected chi connectivity index (χ4v) is 4.10. The molecule has 36 heavy (non-hydrogen) atoms. The van der Waals surface area contributed by atoms with E-state index in [2.05, 4.69) is 0 Å². The Bertz CT molecular complexity index is 738. The van der Waals surface area contributed by atoms with E-state index >= 15 is 0 Å². The van der Waals surface area contributed by atoms with Gasteiger partial charge in [0.15, 0.2) is 5.78 Å². The summed E-state index contributed by atoms with van der Waals surface area (Å²) in [6.45, 7) is 14.6. The van der Waals surface area contributed by atoms with E-state index in [1.165, 1.54) is 6.92 Å². The summed E-state index contributed by atoms with van der Waals surface area (Å²) in [7, 11) is 0. The Labute approximate surface area is 217 Å². The van der Waals surface area contributed by atoms with Gasteiger partial charge in [0.25, 0.3) is 0 Å². The van der Waals surface area contributed by atoms with Gasteiger partial charge in [-0.05, 0) is 81.1 Å². The topological polar surface area (TPSA) is 113 Å². The van der Waals surface area contributed by atoms with Gasteiger partial charge in [0.2, 0.25) is 0 Å². The van der Waals surface area contributed by atoms with Gasteiger partial charge in [0.1, 0.15) is 11.7 Å². The Morgan fingerprint density at radius 2 is 1.00 bits per heavy atom. The highest BCUT2D eigenvalue weighted by Crippen LogP contribution is 2.29. The Kier molecular flexibility index (Phi) is 15.5. The summed E-state index contributed by atoms with van der Waals surface area (Å²) in [6.07, 6.45) is 4.09. The molecule has 0 aliphatic rings. The zero-order valence-corrected chi connectivity index (χ0v) is 23.7. The summed E-state index contributed by atoms with van der Waals surface area (Å²) in [4.78, 5) is 62.5. The fraction of sp³-hybridized carbons (Fsp3) is 0.821. The highest BCUT2D eigenvalue weighted by molar-refractivity contribution is 6.09.